The summed E-state index contributed by atoms with van der Waals surface area (Å²) in [7, 11) is 1.56. The number of ether oxygens (including phenoxy) is 1. The number of aliphatic hydroxyl groups is 2. The maximum atomic E-state index is 9.06. The van der Waals surface area contributed by atoms with Gasteiger partial charge in [-0.15, -0.1) is 0 Å². The Morgan fingerprint density at radius 1 is 1.31 bits per heavy atom. The van der Waals surface area contributed by atoms with Crippen LogP contribution in [0.15, 0.2) is 0 Å². The van der Waals surface area contributed by atoms with E-state index in [1.165, 1.54) is 0 Å². The van der Waals surface area contributed by atoms with Crippen LogP contribution in [0.1, 0.15) is 13.8 Å². The molecule has 0 spiro atoms. The van der Waals surface area contributed by atoms with E-state index in [4.69, 9.17) is 15.0 Å². The predicted molar refractivity (Wildman–Crippen MR) is 49.3 cm³/mol. The monoisotopic (exact) mass is 193 g/mol. The number of nitrogens with one attached hydrogen (secondary N) is 1. The topological polar surface area (TPSA) is 78.8 Å². The summed E-state index contributed by atoms with van der Waals surface area (Å²) in [6.07, 6.45) is -0.681. The van der Waals surface area contributed by atoms with Gasteiger partial charge in [0, 0.05) is 7.05 Å². The van der Waals surface area contributed by atoms with E-state index in [9.17, 15) is 0 Å². The van der Waals surface area contributed by atoms with Crippen LogP contribution in [0.2, 0.25) is 0 Å². The fraction of sp³-hybridized carbons (Fsp3) is 0.875. The summed E-state index contributed by atoms with van der Waals surface area (Å²) in [6.45, 7) is 4.56. The van der Waals surface area contributed by atoms with Crippen molar-refractivity contribution in [3.63, 3.8) is 0 Å². The molecule has 2 unspecified atom stereocenters. The Hall–Kier alpha value is -0.650. The third-order valence-electron chi connectivity index (χ3n) is 1.14. The molecule has 0 aromatic rings. The number of carbonyl (C=O) groups excluding carboxylic acids is 1. The molecule has 1 aliphatic rings. The van der Waals surface area contributed by atoms with E-state index in [-0.39, 0.29) is 13.2 Å². The Labute approximate surface area is 78.7 Å². The molecule has 1 saturated heterocycles. The molecule has 0 aliphatic carbocycles. The average Bonchev–Trinajstić information content (AvgIpc) is 2.55. The Kier molecular flexibility index (Phi) is 13.0. The van der Waals surface area contributed by atoms with Crippen LogP contribution in [0, 0.1) is 0 Å². The number of rotatable bonds is 1. The highest BCUT2D eigenvalue weighted by atomic mass is 16.5. The van der Waals surface area contributed by atoms with Crippen LogP contribution in [0.4, 0.5) is 0 Å². The highest BCUT2D eigenvalue weighted by molar-refractivity contribution is 5.44. The SMILES string of the molecule is CC.CNC=O.OC1COCC1O. The Morgan fingerprint density at radius 2 is 1.62 bits per heavy atom. The van der Waals surface area contributed by atoms with Crippen molar-refractivity contribution >= 4 is 6.41 Å². The molecule has 0 aromatic heterocycles. The standard InChI is InChI=1S/C4H8O3.C2H5NO.C2H6/c5-3-1-7-2-4(3)6;1-3-2-4;1-2/h3-6H,1-2H2;2H,1H3,(H,3,4);1-2H3. The molecule has 3 N–H and O–H groups in total. The van der Waals surface area contributed by atoms with Crippen LogP contribution in [0.25, 0.3) is 0 Å². The van der Waals surface area contributed by atoms with Gasteiger partial charge in [0.1, 0.15) is 12.2 Å². The first-order valence-electron chi connectivity index (χ1n) is 4.27. The van der Waals surface area contributed by atoms with E-state index in [0.717, 1.165) is 0 Å². The molecule has 5 nitrogen and oxygen atoms in total. The first-order chi connectivity index (χ1) is 6.22. The van der Waals surface area contributed by atoms with Gasteiger partial charge in [-0.3, -0.25) is 4.79 Å². The van der Waals surface area contributed by atoms with Gasteiger partial charge in [0.2, 0.25) is 6.41 Å². The summed E-state index contributed by atoms with van der Waals surface area (Å²) in [6, 6.07) is 0. The number of hydrogen-bond donors (Lipinski definition) is 3. The highest BCUT2D eigenvalue weighted by Gasteiger charge is 2.22. The Bertz CT molecular complexity index is 102. The van der Waals surface area contributed by atoms with Crippen molar-refractivity contribution in [3.8, 4) is 0 Å². The first kappa shape index (κ1) is 14.9. The second-order valence-electron chi connectivity index (χ2n) is 2.08. The largest absolute Gasteiger partial charge is 0.388 e. The van der Waals surface area contributed by atoms with Crippen molar-refractivity contribution in [1.29, 1.82) is 0 Å². The normalized spacial score (nSPS) is 24.7. The zero-order chi connectivity index (χ0) is 10.7. The number of amides is 1. The molecule has 0 radical (unpaired) electrons. The number of hydrogen-bond acceptors (Lipinski definition) is 4. The molecule has 5 heteroatoms. The van der Waals surface area contributed by atoms with E-state index in [1.807, 2.05) is 13.8 Å². The molecule has 80 valence electrons. The third kappa shape index (κ3) is 9.26. The summed E-state index contributed by atoms with van der Waals surface area (Å²) in [4.78, 5) is 9.06. The van der Waals surface area contributed by atoms with E-state index >= 15 is 0 Å². The van der Waals surface area contributed by atoms with Crippen LogP contribution in [-0.4, -0.2) is 49.1 Å². The molecule has 0 aromatic carbocycles. The lowest BCUT2D eigenvalue weighted by molar-refractivity contribution is -0.109. The van der Waals surface area contributed by atoms with E-state index in [1.54, 1.807) is 7.05 Å². The van der Waals surface area contributed by atoms with E-state index in [2.05, 4.69) is 10.1 Å². The first-order valence-corrected chi connectivity index (χ1v) is 4.27. The van der Waals surface area contributed by atoms with Gasteiger partial charge in [0.25, 0.3) is 0 Å². The highest BCUT2D eigenvalue weighted by Crippen LogP contribution is 2.02. The summed E-state index contributed by atoms with van der Waals surface area (Å²) >= 11 is 0. The second kappa shape index (κ2) is 11.4. The van der Waals surface area contributed by atoms with Gasteiger partial charge in [-0.2, -0.15) is 0 Å². The van der Waals surface area contributed by atoms with Gasteiger partial charge in [-0.25, -0.2) is 0 Å². The lowest BCUT2D eigenvalue weighted by Crippen LogP contribution is -2.22. The molecule has 1 amide bonds. The average molecular weight is 193 g/mol. The maximum absolute atomic E-state index is 9.06. The molecule has 1 aliphatic heterocycles. The lowest BCUT2D eigenvalue weighted by Gasteiger charge is -2.00. The van der Waals surface area contributed by atoms with Gasteiger partial charge in [0.05, 0.1) is 13.2 Å². The third-order valence-corrected chi connectivity index (χ3v) is 1.14. The Morgan fingerprint density at radius 3 is 1.69 bits per heavy atom. The van der Waals surface area contributed by atoms with Crippen LogP contribution in [-0.2, 0) is 9.53 Å². The molecule has 2 atom stereocenters. The minimum absolute atomic E-state index is 0.279. The lowest BCUT2D eigenvalue weighted by atomic mass is 10.3. The fourth-order valence-corrected chi connectivity index (χ4v) is 0.532. The van der Waals surface area contributed by atoms with Crippen LogP contribution in [0.5, 0.6) is 0 Å². The zero-order valence-electron chi connectivity index (χ0n) is 8.36. The van der Waals surface area contributed by atoms with Crippen molar-refractivity contribution in [2.75, 3.05) is 20.3 Å². The van der Waals surface area contributed by atoms with Crippen molar-refractivity contribution in [2.45, 2.75) is 26.1 Å². The Balaban J connectivity index is 0. The minimum Gasteiger partial charge on any atom is -0.388 e. The molecule has 1 heterocycles. The second-order valence-corrected chi connectivity index (χ2v) is 2.08. The van der Waals surface area contributed by atoms with Gasteiger partial charge in [-0.1, -0.05) is 13.8 Å². The van der Waals surface area contributed by atoms with Crippen molar-refractivity contribution < 1.29 is 19.7 Å². The number of carbonyl (C=O) groups is 1. The van der Waals surface area contributed by atoms with Gasteiger partial charge >= 0.3 is 0 Å². The quantitative estimate of drug-likeness (QED) is 0.473. The van der Waals surface area contributed by atoms with Crippen molar-refractivity contribution in [1.82, 2.24) is 5.32 Å². The molecule has 1 rings (SSSR count). The summed E-state index contributed by atoms with van der Waals surface area (Å²) in [5.74, 6) is 0. The molecular formula is C8H19NO4. The molecule has 0 bridgehead atoms. The van der Waals surface area contributed by atoms with E-state index < -0.39 is 12.2 Å². The van der Waals surface area contributed by atoms with Crippen LogP contribution < -0.4 is 5.32 Å². The van der Waals surface area contributed by atoms with Crippen molar-refractivity contribution in [2.24, 2.45) is 0 Å². The summed E-state index contributed by atoms with van der Waals surface area (Å²) < 4.78 is 4.67. The van der Waals surface area contributed by atoms with Gasteiger partial charge < -0.3 is 20.3 Å². The number of aliphatic hydroxyl groups excluding tert-OH is 2. The molecule has 13 heavy (non-hydrogen) atoms. The molecular weight excluding hydrogens is 174 g/mol. The van der Waals surface area contributed by atoms with Crippen LogP contribution in [0.3, 0.4) is 0 Å². The van der Waals surface area contributed by atoms with Gasteiger partial charge in [0.15, 0.2) is 0 Å². The van der Waals surface area contributed by atoms with Gasteiger partial charge in [-0.05, 0) is 0 Å². The zero-order valence-corrected chi connectivity index (χ0v) is 8.36. The summed E-state index contributed by atoms with van der Waals surface area (Å²) in [5.41, 5.74) is 0. The fourth-order valence-electron chi connectivity index (χ4n) is 0.532. The predicted octanol–water partition coefficient (Wildman–Crippen LogP) is -0.873. The molecule has 0 saturated carbocycles. The summed E-state index contributed by atoms with van der Waals surface area (Å²) in [5, 5.41) is 19.5. The smallest absolute Gasteiger partial charge is 0.206 e. The van der Waals surface area contributed by atoms with Crippen molar-refractivity contribution in [3.05, 3.63) is 0 Å². The minimum atomic E-state index is -0.653. The van der Waals surface area contributed by atoms with E-state index in [0.29, 0.717) is 6.41 Å². The molecule has 1 fully saturated rings. The van der Waals surface area contributed by atoms with Crippen LogP contribution >= 0.6 is 0 Å². The maximum Gasteiger partial charge on any atom is 0.206 e.